The Bertz CT molecular complexity index is 684. The molecule has 0 atom stereocenters. The van der Waals surface area contributed by atoms with Gasteiger partial charge in [-0.25, -0.2) is 0 Å². The summed E-state index contributed by atoms with van der Waals surface area (Å²) in [6.07, 6.45) is 4.84. The number of methoxy groups -OCH3 is 1. The zero-order chi connectivity index (χ0) is 17.5. The molecule has 0 saturated carbocycles. The number of fused-ring (bicyclic) bond motifs is 1. The van der Waals surface area contributed by atoms with Crippen LogP contribution >= 0.6 is 11.6 Å². The minimum absolute atomic E-state index is 0.208. The monoisotopic (exact) mass is 351 g/mol. The summed E-state index contributed by atoms with van der Waals surface area (Å²) in [4.78, 5) is 24.2. The van der Waals surface area contributed by atoms with Gasteiger partial charge in [-0.3, -0.25) is 9.59 Å². The third-order valence-electron chi connectivity index (χ3n) is 3.35. The van der Waals surface area contributed by atoms with Crippen molar-refractivity contribution in [2.45, 2.75) is 0 Å². The van der Waals surface area contributed by atoms with Gasteiger partial charge in [-0.1, -0.05) is 17.7 Å². The third-order valence-corrected chi connectivity index (χ3v) is 3.59. The topological polar surface area (TPSA) is 76.1 Å². The van der Waals surface area contributed by atoms with Crippen molar-refractivity contribution in [3.8, 4) is 5.75 Å². The molecule has 1 N–H and O–H groups in total. The predicted molar refractivity (Wildman–Crippen MR) is 90.2 cm³/mol. The highest BCUT2D eigenvalue weighted by atomic mass is 35.5. The van der Waals surface area contributed by atoms with Crippen LogP contribution in [0.2, 0.25) is 5.02 Å². The molecule has 0 bridgehead atoms. The highest BCUT2D eigenvalue weighted by Crippen LogP contribution is 2.29. The van der Waals surface area contributed by atoms with Gasteiger partial charge in [0.2, 0.25) is 5.91 Å². The third kappa shape index (κ3) is 5.11. The van der Waals surface area contributed by atoms with E-state index in [1.165, 1.54) is 18.1 Å². The first-order valence-electron chi connectivity index (χ1n) is 7.30. The maximum atomic E-state index is 12.2. The van der Waals surface area contributed by atoms with E-state index in [0.29, 0.717) is 11.6 Å². The Morgan fingerprint density at radius 1 is 1.46 bits per heavy atom. The number of carbonyl (C=O) groups is 2. The molecule has 128 valence electrons. The summed E-state index contributed by atoms with van der Waals surface area (Å²) in [7, 11) is 1.49. The maximum absolute atomic E-state index is 12.2. The van der Waals surface area contributed by atoms with Gasteiger partial charge in [-0.2, -0.15) is 0 Å². The van der Waals surface area contributed by atoms with Crippen molar-refractivity contribution in [3.05, 3.63) is 46.5 Å². The highest BCUT2D eigenvalue weighted by Gasteiger charge is 2.15. The molecule has 6 nitrogen and oxygen atoms in total. The zero-order valence-corrected chi connectivity index (χ0v) is 14.0. The van der Waals surface area contributed by atoms with Crippen molar-refractivity contribution in [2.75, 3.05) is 33.4 Å². The van der Waals surface area contributed by atoms with E-state index in [2.05, 4.69) is 0 Å². The lowest BCUT2D eigenvalue weighted by atomic mass is 10.1. The van der Waals surface area contributed by atoms with Crippen LogP contribution < -0.4 is 4.74 Å². The Balaban J connectivity index is 2.08. The summed E-state index contributed by atoms with van der Waals surface area (Å²) >= 11 is 5.96. The average molecular weight is 352 g/mol. The minimum atomic E-state index is -1.07. The van der Waals surface area contributed by atoms with Crippen LogP contribution in [0.4, 0.5) is 0 Å². The van der Waals surface area contributed by atoms with Gasteiger partial charge >= 0.3 is 5.97 Å². The van der Waals surface area contributed by atoms with Crippen LogP contribution in [0.3, 0.4) is 0 Å². The molecule has 1 aromatic carbocycles. The molecule has 1 aromatic rings. The van der Waals surface area contributed by atoms with E-state index in [-0.39, 0.29) is 19.7 Å². The van der Waals surface area contributed by atoms with Crippen molar-refractivity contribution in [1.29, 1.82) is 0 Å². The average Bonchev–Trinajstić information content (AvgIpc) is 2.55. The Kier molecular flexibility index (Phi) is 6.40. The van der Waals surface area contributed by atoms with Gasteiger partial charge in [0.15, 0.2) is 0 Å². The molecular formula is C17H18ClNO5. The molecule has 1 amide bonds. The van der Waals surface area contributed by atoms with Gasteiger partial charge in [0, 0.05) is 30.3 Å². The molecule has 24 heavy (non-hydrogen) atoms. The molecule has 1 heterocycles. The van der Waals surface area contributed by atoms with Crippen molar-refractivity contribution in [2.24, 2.45) is 0 Å². The summed E-state index contributed by atoms with van der Waals surface area (Å²) in [5.41, 5.74) is 1.63. The molecule has 1 aliphatic rings. The van der Waals surface area contributed by atoms with Gasteiger partial charge in [0.25, 0.3) is 0 Å². The number of hydrogen-bond donors (Lipinski definition) is 1. The minimum Gasteiger partial charge on any atom is -0.488 e. The summed E-state index contributed by atoms with van der Waals surface area (Å²) in [5, 5.41) is 9.48. The lowest BCUT2D eigenvalue weighted by Gasteiger charge is -2.19. The number of amides is 1. The van der Waals surface area contributed by atoms with E-state index in [1.807, 2.05) is 6.08 Å². The predicted octanol–water partition coefficient (Wildman–Crippen LogP) is 2.23. The fraction of sp³-hybridized carbons (Fsp3) is 0.294. The number of nitrogens with zero attached hydrogens (tertiary/aromatic N) is 1. The molecule has 2 rings (SSSR count). The van der Waals surface area contributed by atoms with Crippen LogP contribution in [0.25, 0.3) is 6.08 Å². The molecule has 0 aromatic heterocycles. The number of rotatable bonds is 7. The number of carboxylic acid groups (broad SMARTS) is 1. The van der Waals surface area contributed by atoms with Crippen LogP contribution in [0, 0.1) is 0 Å². The molecular weight excluding hydrogens is 334 g/mol. The van der Waals surface area contributed by atoms with Crippen molar-refractivity contribution in [1.82, 2.24) is 4.90 Å². The Morgan fingerprint density at radius 2 is 2.25 bits per heavy atom. The van der Waals surface area contributed by atoms with Crippen molar-refractivity contribution in [3.63, 3.8) is 0 Å². The summed E-state index contributed by atoms with van der Waals surface area (Å²) in [6.45, 7) is 0.431. The lowest BCUT2D eigenvalue weighted by Crippen LogP contribution is -2.37. The van der Waals surface area contributed by atoms with E-state index >= 15 is 0 Å². The van der Waals surface area contributed by atoms with Gasteiger partial charge in [0.1, 0.15) is 18.9 Å². The molecule has 0 unspecified atom stereocenters. The van der Waals surface area contributed by atoms with E-state index < -0.39 is 11.9 Å². The van der Waals surface area contributed by atoms with Crippen LogP contribution in [-0.2, 0) is 14.3 Å². The second-order valence-electron chi connectivity index (χ2n) is 5.17. The summed E-state index contributed by atoms with van der Waals surface area (Å²) in [5.74, 6) is -0.737. The van der Waals surface area contributed by atoms with E-state index in [9.17, 15) is 9.59 Å². The number of carboxylic acids is 1. The number of carbonyl (C=O) groups excluding carboxylic acids is 1. The number of halogens is 1. The first-order valence-corrected chi connectivity index (χ1v) is 7.68. The fourth-order valence-corrected chi connectivity index (χ4v) is 2.36. The molecule has 0 saturated heterocycles. The summed E-state index contributed by atoms with van der Waals surface area (Å²) in [6, 6.07) is 5.32. The Morgan fingerprint density at radius 3 is 2.96 bits per heavy atom. The van der Waals surface area contributed by atoms with E-state index in [4.69, 9.17) is 26.2 Å². The number of ether oxygens (including phenoxy) is 2. The molecule has 0 aliphatic carbocycles. The van der Waals surface area contributed by atoms with Crippen LogP contribution in [0.1, 0.15) is 5.56 Å². The maximum Gasteiger partial charge on any atom is 0.323 e. The van der Waals surface area contributed by atoms with Crippen LogP contribution in [0.5, 0.6) is 5.75 Å². The second kappa shape index (κ2) is 8.52. The molecule has 0 spiro atoms. The largest absolute Gasteiger partial charge is 0.488 e. The molecule has 7 heteroatoms. The smallest absolute Gasteiger partial charge is 0.323 e. The highest BCUT2D eigenvalue weighted by molar-refractivity contribution is 6.30. The van der Waals surface area contributed by atoms with Gasteiger partial charge in [0.05, 0.1) is 6.61 Å². The van der Waals surface area contributed by atoms with Gasteiger partial charge < -0.3 is 19.5 Å². The van der Waals surface area contributed by atoms with Crippen molar-refractivity contribution >= 4 is 29.6 Å². The SMILES string of the molecule is COCCN(CC(=O)O)C(=O)/C=C/C1=Cc2cc(Cl)ccc2OC1. The Labute approximate surface area is 144 Å². The van der Waals surface area contributed by atoms with Gasteiger partial charge in [-0.15, -0.1) is 0 Å². The van der Waals surface area contributed by atoms with E-state index in [0.717, 1.165) is 16.9 Å². The standard InChI is InChI=1S/C17H18ClNO5/c1-23-7-6-19(10-17(21)22)16(20)5-2-12-8-13-9-14(18)3-4-15(13)24-11-12/h2-5,8-9H,6-7,10-11H2,1H3,(H,21,22)/b5-2+. The molecule has 0 radical (unpaired) electrons. The molecule has 1 aliphatic heterocycles. The normalized spacial score (nSPS) is 13.2. The first-order chi connectivity index (χ1) is 11.5. The Hall–Kier alpha value is -2.31. The second-order valence-corrected chi connectivity index (χ2v) is 5.61. The van der Waals surface area contributed by atoms with E-state index in [1.54, 1.807) is 24.3 Å². The van der Waals surface area contributed by atoms with Crippen LogP contribution in [-0.4, -0.2) is 55.3 Å². The lowest BCUT2D eigenvalue weighted by molar-refractivity contribution is -0.143. The molecule has 0 fully saturated rings. The summed E-state index contributed by atoms with van der Waals surface area (Å²) < 4.78 is 10.5. The number of benzene rings is 1. The quantitative estimate of drug-likeness (QED) is 0.762. The number of hydrogen-bond acceptors (Lipinski definition) is 4. The van der Waals surface area contributed by atoms with Crippen molar-refractivity contribution < 1.29 is 24.2 Å². The fourth-order valence-electron chi connectivity index (χ4n) is 2.18. The number of aliphatic carboxylic acids is 1. The van der Waals surface area contributed by atoms with Crippen LogP contribution in [0.15, 0.2) is 35.9 Å². The first kappa shape index (κ1) is 18.0. The zero-order valence-electron chi connectivity index (χ0n) is 13.2. The van der Waals surface area contributed by atoms with Gasteiger partial charge in [-0.05, 0) is 29.8 Å².